The van der Waals surface area contributed by atoms with Crippen LogP contribution in [0.3, 0.4) is 0 Å². The molecule has 2 aromatic heterocycles. The van der Waals surface area contributed by atoms with Gasteiger partial charge in [0, 0.05) is 18.9 Å². The first-order valence-electron chi connectivity index (χ1n) is 6.12. The maximum Gasteiger partial charge on any atom is 0.257 e. The molecule has 0 aliphatic heterocycles. The summed E-state index contributed by atoms with van der Waals surface area (Å²) in [5, 5.41) is 5.87. The first-order valence-corrected chi connectivity index (χ1v) is 6.12. The van der Waals surface area contributed by atoms with Gasteiger partial charge in [-0.05, 0) is 37.6 Å². The minimum absolute atomic E-state index is 0.192. The van der Waals surface area contributed by atoms with Crippen LogP contribution in [0.15, 0.2) is 36.8 Å². The Labute approximate surface area is 112 Å². The van der Waals surface area contributed by atoms with Crippen molar-refractivity contribution in [2.75, 3.05) is 17.2 Å². The molecule has 5 heteroatoms. The molecule has 0 unspecified atom stereocenters. The van der Waals surface area contributed by atoms with E-state index in [1.165, 1.54) is 0 Å². The monoisotopic (exact) mass is 256 g/mol. The molecule has 2 aromatic rings. The predicted octanol–water partition coefficient (Wildman–Crippen LogP) is 2.47. The fourth-order valence-electron chi connectivity index (χ4n) is 1.64. The number of carbonyl (C=O) groups is 1. The van der Waals surface area contributed by atoms with Gasteiger partial charge in [0.15, 0.2) is 0 Å². The van der Waals surface area contributed by atoms with Gasteiger partial charge in [0.05, 0.1) is 17.4 Å². The van der Waals surface area contributed by atoms with Crippen molar-refractivity contribution in [1.29, 1.82) is 0 Å². The molecule has 0 aromatic carbocycles. The molecule has 2 rings (SSSR count). The van der Waals surface area contributed by atoms with Crippen molar-refractivity contribution >= 4 is 17.4 Å². The van der Waals surface area contributed by atoms with Crippen LogP contribution in [-0.4, -0.2) is 22.4 Å². The second-order valence-electron chi connectivity index (χ2n) is 4.17. The number of nitrogens with one attached hydrogen (secondary N) is 2. The highest BCUT2D eigenvalue weighted by Gasteiger charge is 2.06. The summed E-state index contributed by atoms with van der Waals surface area (Å²) in [6.45, 7) is 4.72. The average Bonchev–Trinajstić information content (AvgIpc) is 2.40. The van der Waals surface area contributed by atoms with Crippen LogP contribution in [-0.2, 0) is 0 Å². The fraction of sp³-hybridized carbons (Fsp3) is 0.214. The van der Waals surface area contributed by atoms with Crippen LogP contribution < -0.4 is 10.6 Å². The van der Waals surface area contributed by atoms with Gasteiger partial charge in [-0.3, -0.25) is 9.78 Å². The number of rotatable bonds is 4. The first-order chi connectivity index (χ1) is 9.19. The van der Waals surface area contributed by atoms with Gasteiger partial charge < -0.3 is 10.6 Å². The molecule has 0 saturated carbocycles. The van der Waals surface area contributed by atoms with Gasteiger partial charge in [0.1, 0.15) is 5.82 Å². The number of carbonyl (C=O) groups excluding carboxylic acids is 1. The van der Waals surface area contributed by atoms with E-state index in [0.717, 1.165) is 17.9 Å². The zero-order chi connectivity index (χ0) is 13.7. The van der Waals surface area contributed by atoms with Gasteiger partial charge in [-0.15, -0.1) is 0 Å². The van der Waals surface area contributed by atoms with Crippen molar-refractivity contribution in [3.63, 3.8) is 0 Å². The van der Waals surface area contributed by atoms with Gasteiger partial charge >= 0.3 is 0 Å². The zero-order valence-electron chi connectivity index (χ0n) is 11.0. The van der Waals surface area contributed by atoms with Gasteiger partial charge in [-0.25, -0.2) is 4.98 Å². The summed E-state index contributed by atoms with van der Waals surface area (Å²) in [4.78, 5) is 20.2. The van der Waals surface area contributed by atoms with Crippen molar-refractivity contribution < 1.29 is 4.79 Å². The second kappa shape index (κ2) is 5.95. The Morgan fingerprint density at radius 3 is 2.74 bits per heavy atom. The van der Waals surface area contributed by atoms with E-state index >= 15 is 0 Å². The lowest BCUT2D eigenvalue weighted by atomic mass is 10.2. The Kier molecular flexibility index (Phi) is 4.07. The van der Waals surface area contributed by atoms with Crippen LogP contribution in [0.5, 0.6) is 0 Å². The van der Waals surface area contributed by atoms with Crippen LogP contribution in [0.4, 0.5) is 11.5 Å². The molecule has 0 atom stereocenters. The highest BCUT2D eigenvalue weighted by Crippen LogP contribution is 2.10. The molecule has 2 heterocycles. The number of aryl methyl sites for hydroxylation is 1. The largest absolute Gasteiger partial charge is 0.370 e. The Bertz CT molecular complexity index is 566. The van der Waals surface area contributed by atoms with Crippen molar-refractivity contribution in [1.82, 2.24) is 9.97 Å². The number of amides is 1. The molecule has 0 radical (unpaired) electrons. The zero-order valence-corrected chi connectivity index (χ0v) is 11.0. The number of anilines is 2. The Morgan fingerprint density at radius 1 is 1.26 bits per heavy atom. The van der Waals surface area contributed by atoms with E-state index in [0.29, 0.717) is 11.3 Å². The third-order valence-corrected chi connectivity index (χ3v) is 2.52. The predicted molar refractivity (Wildman–Crippen MR) is 75.3 cm³/mol. The Morgan fingerprint density at radius 2 is 2.11 bits per heavy atom. The summed E-state index contributed by atoms with van der Waals surface area (Å²) in [6, 6.07) is 5.39. The van der Waals surface area contributed by atoms with Crippen LogP contribution in [0, 0.1) is 6.92 Å². The Hall–Kier alpha value is -2.43. The van der Waals surface area contributed by atoms with Crippen molar-refractivity contribution in [2.45, 2.75) is 13.8 Å². The van der Waals surface area contributed by atoms with Gasteiger partial charge in [0.2, 0.25) is 0 Å². The van der Waals surface area contributed by atoms with E-state index in [9.17, 15) is 4.79 Å². The van der Waals surface area contributed by atoms with E-state index in [-0.39, 0.29) is 5.91 Å². The molecule has 0 aliphatic rings. The van der Waals surface area contributed by atoms with Crippen LogP contribution in [0.25, 0.3) is 0 Å². The SMILES string of the molecule is CCNc1ccc(C(=O)Nc2cncc(C)c2)cn1. The Balaban J connectivity index is 2.07. The lowest BCUT2D eigenvalue weighted by molar-refractivity contribution is 0.102. The molecule has 0 bridgehead atoms. The standard InChI is InChI=1S/C14H16N4O/c1-3-16-13-5-4-11(8-17-13)14(19)18-12-6-10(2)7-15-9-12/h4-9H,3H2,1-2H3,(H,16,17)(H,18,19). The maximum absolute atomic E-state index is 12.0. The molecule has 0 fully saturated rings. The topological polar surface area (TPSA) is 66.9 Å². The van der Waals surface area contributed by atoms with Crippen LogP contribution in [0.2, 0.25) is 0 Å². The highest BCUT2D eigenvalue weighted by atomic mass is 16.1. The molecule has 98 valence electrons. The van der Waals surface area contributed by atoms with Gasteiger partial charge in [-0.1, -0.05) is 0 Å². The number of aromatic nitrogens is 2. The molecule has 2 N–H and O–H groups in total. The van der Waals surface area contributed by atoms with Gasteiger partial charge in [0.25, 0.3) is 5.91 Å². The van der Waals surface area contributed by atoms with E-state index in [1.54, 1.807) is 30.7 Å². The van der Waals surface area contributed by atoms with Crippen molar-refractivity contribution in [3.8, 4) is 0 Å². The molecule has 1 amide bonds. The number of nitrogens with zero attached hydrogens (tertiary/aromatic N) is 2. The summed E-state index contributed by atoms with van der Waals surface area (Å²) in [5.41, 5.74) is 2.20. The summed E-state index contributed by atoms with van der Waals surface area (Å²) in [6.07, 6.45) is 4.91. The van der Waals surface area contributed by atoms with E-state index in [1.807, 2.05) is 19.9 Å². The van der Waals surface area contributed by atoms with E-state index < -0.39 is 0 Å². The highest BCUT2D eigenvalue weighted by molar-refractivity contribution is 6.04. The summed E-state index contributed by atoms with van der Waals surface area (Å²) < 4.78 is 0. The summed E-state index contributed by atoms with van der Waals surface area (Å²) >= 11 is 0. The quantitative estimate of drug-likeness (QED) is 0.881. The molecule has 0 aliphatic carbocycles. The lowest BCUT2D eigenvalue weighted by Gasteiger charge is -2.06. The minimum Gasteiger partial charge on any atom is -0.370 e. The molecule has 0 saturated heterocycles. The molecule has 5 nitrogen and oxygen atoms in total. The first kappa shape index (κ1) is 13.0. The van der Waals surface area contributed by atoms with Crippen LogP contribution in [0.1, 0.15) is 22.8 Å². The second-order valence-corrected chi connectivity index (χ2v) is 4.17. The third-order valence-electron chi connectivity index (χ3n) is 2.52. The number of pyridine rings is 2. The van der Waals surface area contributed by atoms with E-state index in [2.05, 4.69) is 20.6 Å². The number of hydrogen-bond acceptors (Lipinski definition) is 4. The van der Waals surface area contributed by atoms with Gasteiger partial charge in [-0.2, -0.15) is 0 Å². The third kappa shape index (κ3) is 3.51. The van der Waals surface area contributed by atoms with Crippen molar-refractivity contribution in [2.24, 2.45) is 0 Å². The fourth-order valence-corrected chi connectivity index (χ4v) is 1.64. The molecular weight excluding hydrogens is 240 g/mol. The smallest absolute Gasteiger partial charge is 0.257 e. The molecular formula is C14H16N4O. The summed E-state index contributed by atoms with van der Waals surface area (Å²) in [7, 11) is 0. The molecule has 19 heavy (non-hydrogen) atoms. The summed E-state index contributed by atoms with van der Waals surface area (Å²) in [5.74, 6) is 0.569. The maximum atomic E-state index is 12.0. The minimum atomic E-state index is -0.192. The normalized spacial score (nSPS) is 10.0. The molecule has 0 spiro atoms. The average molecular weight is 256 g/mol. The lowest BCUT2D eigenvalue weighted by Crippen LogP contribution is -2.12. The number of hydrogen-bond donors (Lipinski definition) is 2. The van der Waals surface area contributed by atoms with E-state index in [4.69, 9.17) is 0 Å². The van der Waals surface area contributed by atoms with Crippen LogP contribution >= 0.6 is 0 Å². The van der Waals surface area contributed by atoms with Crippen molar-refractivity contribution in [3.05, 3.63) is 47.9 Å².